The molecule has 0 aliphatic carbocycles. The zero-order valence-electron chi connectivity index (χ0n) is 14.0. The van der Waals surface area contributed by atoms with Gasteiger partial charge in [-0.15, -0.1) is 11.3 Å². The van der Waals surface area contributed by atoms with Crippen LogP contribution in [-0.4, -0.2) is 29.8 Å². The number of ether oxygens (including phenoxy) is 3. The third-order valence-corrected chi connectivity index (χ3v) is 4.82. The predicted molar refractivity (Wildman–Crippen MR) is 97.0 cm³/mol. The molecule has 26 heavy (non-hydrogen) atoms. The van der Waals surface area contributed by atoms with Gasteiger partial charge in [-0.1, -0.05) is 0 Å². The SMILES string of the molecule is CCOC(=O)c1cc2sccc2n1CC(=O)Nc1ccc2c(c1)OCO2. The predicted octanol–water partition coefficient (Wildman–Crippen LogP) is 3.25. The molecule has 0 fully saturated rings. The molecular weight excluding hydrogens is 356 g/mol. The molecule has 8 heteroatoms. The van der Waals surface area contributed by atoms with Crippen LogP contribution in [0, 0.1) is 0 Å². The third kappa shape index (κ3) is 2.99. The third-order valence-electron chi connectivity index (χ3n) is 3.97. The Morgan fingerprint density at radius 3 is 2.92 bits per heavy atom. The van der Waals surface area contributed by atoms with Crippen LogP contribution in [0.2, 0.25) is 0 Å². The summed E-state index contributed by atoms with van der Waals surface area (Å²) in [5.74, 6) is 0.555. The van der Waals surface area contributed by atoms with Crippen molar-refractivity contribution in [2.24, 2.45) is 0 Å². The van der Waals surface area contributed by atoms with Gasteiger partial charge in [0.15, 0.2) is 11.5 Å². The van der Waals surface area contributed by atoms with Gasteiger partial charge in [-0.3, -0.25) is 4.79 Å². The van der Waals surface area contributed by atoms with Crippen molar-refractivity contribution in [1.82, 2.24) is 4.57 Å². The fraction of sp³-hybridized carbons (Fsp3) is 0.222. The first-order valence-electron chi connectivity index (χ1n) is 8.09. The number of hydrogen-bond donors (Lipinski definition) is 1. The summed E-state index contributed by atoms with van der Waals surface area (Å²) in [4.78, 5) is 24.7. The Morgan fingerprint density at radius 1 is 1.23 bits per heavy atom. The van der Waals surface area contributed by atoms with E-state index in [0.717, 1.165) is 10.2 Å². The van der Waals surface area contributed by atoms with Crippen LogP contribution in [-0.2, 0) is 16.1 Å². The quantitative estimate of drug-likeness (QED) is 0.696. The second-order valence-electron chi connectivity index (χ2n) is 5.62. The molecule has 1 aliphatic rings. The Morgan fingerprint density at radius 2 is 2.08 bits per heavy atom. The smallest absolute Gasteiger partial charge is 0.355 e. The van der Waals surface area contributed by atoms with E-state index in [0.29, 0.717) is 22.9 Å². The van der Waals surface area contributed by atoms with Gasteiger partial charge in [0.25, 0.3) is 0 Å². The van der Waals surface area contributed by atoms with Crippen LogP contribution in [0.4, 0.5) is 5.69 Å². The molecule has 7 nitrogen and oxygen atoms in total. The molecule has 0 atom stereocenters. The molecule has 0 spiro atoms. The highest BCUT2D eigenvalue weighted by molar-refractivity contribution is 7.17. The highest BCUT2D eigenvalue weighted by Crippen LogP contribution is 2.34. The van der Waals surface area contributed by atoms with Gasteiger partial charge in [-0.2, -0.15) is 0 Å². The Bertz CT molecular complexity index is 991. The largest absolute Gasteiger partial charge is 0.461 e. The lowest BCUT2D eigenvalue weighted by atomic mass is 10.2. The Hall–Kier alpha value is -3.00. The number of carbonyl (C=O) groups excluding carboxylic acids is 2. The maximum Gasteiger partial charge on any atom is 0.355 e. The van der Waals surface area contributed by atoms with Crippen LogP contribution in [0.1, 0.15) is 17.4 Å². The van der Waals surface area contributed by atoms with Crippen LogP contribution in [0.15, 0.2) is 35.7 Å². The van der Waals surface area contributed by atoms with Crippen molar-refractivity contribution in [3.05, 3.63) is 41.4 Å². The van der Waals surface area contributed by atoms with Crippen molar-refractivity contribution >= 4 is 39.1 Å². The van der Waals surface area contributed by atoms with E-state index in [1.165, 1.54) is 11.3 Å². The molecule has 3 aromatic rings. The molecule has 0 saturated carbocycles. The maximum atomic E-state index is 12.5. The highest BCUT2D eigenvalue weighted by Gasteiger charge is 2.20. The summed E-state index contributed by atoms with van der Waals surface area (Å²) in [6.07, 6.45) is 0. The molecule has 4 rings (SSSR count). The van der Waals surface area contributed by atoms with Crippen LogP contribution in [0.5, 0.6) is 11.5 Å². The lowest BCUT2D eigenvalue weighted by molar-refractivity contribution is -0.116. The number of esters is 1. The van der Waals surface area contributed by atoms with Gasteiger partial charge in [0.1, 0.15) is 12.2 Å². The van der Waals surface area contributed by atoms with E-state index in [2.05, 4.69) is 5.32 Å². The normalized spacial score (nSPS) is 12.3. The van der Waals surface area contributed by atoms with Crippen LogP contribution in [0.25, 0.3) is 10.2 Å². The molecular formula is C18H16N2O5S. The van der Waals surface area contributed by atoms with Crippen molar-refractivity contribution in [2.75, 3.05) is 18.7 Å². The van der Waals surface area contributed by atoms with E-state index in [-0.39, 0.29) is 25.9 Å². The summed E-state index contributed by atoms with van der Waals surface area (Å²) in [5, 5.41) is 4.74. The van der Waals surface area contributed by atoms with Gasteiger partial charge in [-0.05, 0) is 36.6 Å². The summed E-state index contributed by atoms with van der Waals surface area (Å²) in [6.45, 7) is 2.21. The summed E-state index contributed by atoms with van der Waals surface area (Å²) in [5.41, 5.74) is 1.80. The molecule has 1 aliphatic heterocycles. The number of carbonyl (C=O) groups is 2. The van der Waals surface area contributed by atoms with Gasteiger partial charge in [0.05, 0.1) is 16.8 Å². The Kier molecular flexibility index (Phi) is 4.26. The Labute approximate surface area is 153 Å². The van der Waals surface area contributed by atoms with Gasteiger partial charge in [-0.25, -0.2) is 4.79 Å². The second kappa shape index (κ2) is 6.72. The minimum absolute atomic E-state index is 0.00280. The number of amides is 1. The molecule has 1 N–H and O–H groups in total. The highest BCUT2D eigenvalue weighted by atomic mass is 32.1. The van der Waals surface area contributed by atoms with E-state index in [1.807, 2.05) is 11.4 Å². The topological polar surface area (TPSA) is 78.8 Å². The summed E-state index contributed by atoms with van der Waals surface area (Å²) in [6, 6.07) is 8.84. The molecule has 3 heterocycles. The standard InChI is InChI=1S/C18H16N2O5S/c1-2-23-18(22)13-8-16-12(5-6-26-16)20(13)9-17(21)19-11-3-4-14-15(7-11)25-10-24-14/h3-8H,2,9-10H2,1H3,(H,19,21). The molecule has 0 unspecified atom stereocenters. The lowest BCUT2D eigenvalue weighted by Gasteiger charge is -2.10. The average Bonchev–Trinajstić information content (AvgIpc) is 3.31. The minimum atomic E-state index is -0.438. The molecule has 134 valence electrons. The van der Waals surface area contributed by atoms with Crippen molar-refractivity contribution in [2.45, 2.75) is 13.5 Å². The molecule has 0 saturated heterocycles. The van der Waals surface area contributed by atoms with Crippen molar-refractivity contribution in [1.29, 1.82) is 0 Å². The molecule has 1 aromatic carbocycles. The number of hydrogen-bond acceptors (Lipinski definition) is 6. The number of anilines is 1. The number of nitrogens with one attached hydrogen (secondary N) is 1. The number of benzene rings is 1. The van der Waals surface area contributed by atoms with E-state index in [4.69, 9.17) is 14.2 Å². The number of thiophene rings is 1. The van der Waals surface area contributed by atoms with Gasteiger partial charge in [0, 0.05) is 11.8 Å². The number of rotatable bonds is 5. The first-order valence-corrected chi connectivity index (χ1v) is 8.97. The fourth-order valence-electron chi connectivity index (χ4n) is 2.84. The molecule has 0 bridgehead atoms. The number of aromatic nitrogens is 1. The van der Waals surface area contributed by atoms with Crippen molar-refractivity contribution in [3.63, 3.8) is 0 Å². The van der Waals surface area contributed by atoms with Crippen LogP contribution < -0.4 is 14.8 Å². The summed E-state index contributed by atoms with van der Waals surface area (Å²) < 4.78 is 18.3. The lowest BCUT2D eigenvalue weighted by Crippen LogP contribution is -2.22. The van der Waals surface area contributed by atoms with Crippen molar-refractivity contribution < 1.29 is 23.8 Å². The number of fused-ring (bicyclic) bond motifs is 2. The van der Waals surface area contributed by atoms with Crippen LogP contribution >= 0.6 is 11.3 Å². The summed E-state index contributed by atoms with van der Waals surface area (Å²) in [7, 11) is 0. The number of nitrogens with zero attached hydrogens (tertiary/aromatic N) is 1. The van der Waals surface area contributed by atoms with E-state index < -0.39 is 5.97 Å². The Balaban J connectivity index is 1.56. The van der Waals surface area contributed by atoms with E-state index in [1.54, 1.807) is 35.8 Å². The van der Waals surface area contributed by atoms with Gasteiger partial charge in [0.2, 0.25) is 12.7 Å². The minimum Gasteiger partial charge on any atom is -0.461 e. The first-order chi connectivity index (χ1) is 12.7. The zero-order valence-corrected chi connectivity index (χ0v) is 14.8. The maximum absolute atomic E-state index is 12.5. The zero-order chi connectivity index (χ0) is 18.1. The average molecular weight is 372 g/mol. The summed E-state index contributed by atoms with van der Waals surface area (Å²) >= 11 is 1.51. The van der Waals surface area contributed by atoms with Crippen molar-refractivity contribution in [3.8, 4) is 11.5 Å². The van der Waals surface area contributed by atoms with E-state index in [9.17, 15) is 9.59 Å². The molecule has 1 amide bonds. The molecule has 2 aromatic heterocycles. The first kappa shape index (κ1) is 16.5. The van der Waals surface area contributed by atoms with E-state index >= 15 is 0 Å². The second-order valence-corrected chi connectivity index (χ2v) is 6.57. The van der Waals surface area contributed by atoms with Gasteiger partial charge < -0.3 is 24.1 Å². The fourth-order valence-corrected chi connectivity index (χ4v) is 3.66. The monoisotopic (exact) mass is 372 g/mol. The van der Waals surface area contributed by atoms with Crippen LogP contribution in [0.3, 0.4) is 0 Å². The molecule has 0 radical (unpaired) electrons. The van der Waals surface area contributed by atoms with Gasteiger partial charge >= 0.3 is 5.97 Å².